The highest BCUT2D eigenvalue weighted by atomic mass is 15.3. The second-order valence-electron chi connectivity index (χ2n) is 5.65. The lowest BCUT2D eigenvalue weighted by Gasteiger charge is -2.09. The highest BCUT2D eigenvalue weighted by Gasteiger charge is 2.16. The summed E-state index contributed by atoms with van der Waals surface area (Å²) in [5, 5.41) is 4.62. The quantitative estimate of drug-likeness (QED) is 0.455. The molecule has 0 aliphatic rings. The molecule has 0 fully saturated rings. The van der Waals surface area contributed by atoms with Crippen molar-refractivity contribution in [1.82, 2.24) is 24.6 Å². The van der Waals surface area contributed by atoms with Gasteiger partial charge in [-0.3, -0.25) is 0 Å². The summed E-state index contributed by atoms with van der Waals surface area (Å²) in [6.45, 7) is 3.93. The Morgan fingerprint density at radius 3 is 2.70 bits per heavy atom. The van der Waals surface area contributed by atoms with Crippen molar-refractivity contribution in [2.24, 2.45) is 4.99 Å². The van der Waals surface area contributed by atoms with E-state index < -0.39 is 0 Å². The lowest BCUT2D eigenvalue weighted by molar-refractivity contribution is 0.643. The fourth-order valence-electron chi connectivity index (χ4n) is 2.43. The lowest BCUT2D eigenvalue weighted by atomic mass is 10.2. The molecule has 2 aromatic heterocycles. The van der Waals surface area contributed by atoms with Crippen LogP contribution in [0.4, 0.5) is 11.5 Å². The number of aliphatic imine (C=N–C) groups is 1. The molecule has 0 saturated heterocycles. The molecule has 0 aliphatic heterocycles. The molecule has 0 radical (unpaired) electrons. The van der Waals surface area contributed by atoms with Gasteiger partial charge in [0.05, 0.1) is 17.7 Å². The first-order chi connectivity index (χ1) is 11.0. The molecule has 23 heavy (non-hydrogen) atoms. The van der Waals surface area contributed by atoms with Gasteiger partial charge in [0.2, 0.25) is 0 Å². The number of anilines is 1. The second kappa shape index (κ2) is 5.68. The van der Waals surface area contributed by atoms with Crippen molar-refractivity contribution in [3.63, 3.8) is 0 Å². The van der Waals surface area contributed by atoms with Crippen molar-refractivity contribution in [2.75, 3.05) is 19.8 Å². The molecular formula is C16H19N7. The maximum atomic E-state index is 5.85. The van der Waals surface area contributed by atoms with Crippen molar-refractivity contribution >= 4 is 28.9 Å². The first-order valence-electron chi connectivity index (χ1n) is 7.25. The predicted molar refractivity (Wildman–Crippen MR) is 92.4 cm³/mol. The van der Waals surface area contributed by atoms with E-state index in [4.69, 9.17) is 5.73 Å². The molecule has 0 bridgehead atoms. The summed E-state index contributed by atoms with van der Waals surface area (Å²) in [5.74, 6) is 0.584. The maximum absolute atomic E-state index is 5.85. The van der Waals surface area contributed by atoms with E-state index in [0.717, 1.165) is 33.7 Å². The van der Waals surface area contributed by atoms with Gasteiger partial charge in [0.15, 0.2) is 5.82 Å². The van der Waals surface area contributed by atoms with E-state index in [0.29, 0.717) is 5.82 Å². The Morgan fingerprint density at radius 1 is 1.22 bits per heavy atom. The standard InChI is InChI=1S/C16H19N7/c1-10-7-12(17)5-6-13(10)23-15-14(11(2)21-23)18-8-19-16(15)20-9-22(3)4/h5-9H,17H2,1-4H3/b20-9+. The SMILES string of the molecule is Cc1cc(N)ccc1-n1nc(C)c2ncnc(/N=C/N(C)C)c21. The van der Waals surface area contributed by atoms with E-state index in [-0.39, 0.29) is 0 Å². The number of hydrogen-bond donors (Lipinski definition) is 1. The summed E-state index contributed by atoms with van der Waals surface area (Å²) in [7, 11) is 3.82. The van der Waals surface area contributed by atoms with Crippen LogP contribution in [0, 0.1) is 13.8 Å². The molecule has 0 saturated carbocycles. The topological polar surface area (TPSA) is 85.2 Å². The molecule has 118 valence electrons. The summed E-state index contributed by atoms with van der Waals surface area (Å²) in [6.07, 6.45) is 3.23. The van der Waals surface area contributed by atoms with Crippen LogP contribution in [-0.4, -0.2) is 45.1 Å². The van der Waals surface area contributed by atoms with E-state index in [1.165, 1.54) is 6.33 Å². The zero-order valence-corrected chi connectivity index (χ0v) is 13.6. The minimum atomic E-state index is 0.584. The largest absolute Gasteiger partial charge is 0.399 e. The van der Waals surface area contributed by atoms with Gasteiger partial charge < -0.3 is 10.6 Å². The molecule has 7 heteroatoms. The van der Waals surface area contributed by atoms with Crippen molar-refractivity contribution in [1.29, 1.82) is 0 Å². The van der Waals surface area contributed by atoms with Crippen LogP contribution in [0.2, 0.25) is 0 Å². The summed E-state index contributed by atoms with van der Waals surface area (Å²) in [4.78, 5) is 15.0. The van der Waals surface area contributed by atoms with Gasteiger partial charge in [-0.2, -0.15) is 5.10 Å². The summed E-state index contributed by atoms with van der Waals surface area (Å²) >= 11 is 0. The van der Waals surface area contributed by atoms with Crippen molar-refractivity contribution in [3.05, 3.63) is 35.8 Å². The number of nitrogens with zero attached hydrogens (tertiary/aromatic N) is 6. The zero-order valence-electron chi connectivity index (χ0n) is 13.6. The van der Waals surface area contributed by atoms with Crippen LogP contribution in [-0.2, 0) is 0 Å². The van der Waals surface area contributed by atoms with Crippen molar-refractivity contribution < 1.29 is 0 Å². The first-order valence-corrected chi connectivity index (χ1v) is 7.25. The molecule has 2 N–H and O–H groups in total. The van der Waals surface area contributed by atoms with Gasteiger partial charge in [-0.15, -0.1) is 0 Å². The second-order valence-corrected chi connectivity index (χ2v) is 5.65. The Hall–Kier alpha value is -2.96. The van der Waals surface area contributed by atoms with Gasteiger partial charge >= 0.3 is 0 Å². The Kier molecular flexibility index (Phi) is 3.69. The van der Waals surface area contributed by atoms with E-state index in [2.05, 4.69) is 20.1 Å². The maximum Gasteiger partial charge on any atom is 0.183 e. The molecule has 0 spiro atoms. The summed E-state index contributed by atoms with van der Waals surface area (Å²) in [5.41, 5.74) is 11.0. The number of aromatic nitrogens is 4. The first kappa shape index (κ1) is 15.0. The molecular weight excluding hydrogens is 290 g/mol. The van der Waals surface area contributed by atoms with Gasteiger partial charge in [-0.05, 0) is 37.6 Å². The monoisotopic (exact) mass is 309 g/mol. The molecule has 7 nitrogen and oxygen atoms in total. The van der Waals surface area contributed by atoms with E-state index in [1.54, 1.807) is 6.34 Å². The van der Waals surface area contributed by atoms with Gasteiger partial charge in [0, 0.05) is 19.8 Å². The summed E-state index contributed by atoms with van der Waals surface area (Å²) in [6, 6.07) is 5.73. The highest BCUT2D eigenvalue weighted by Crippen LogP contribution is 2.28. The van der Waals surface area contributed by atoms with Gasteiger partial charge in [0.25, 0.3) is 0 Å². The highest BCUT2D eigenvalue weighted by molar-refractivity contribution is 5.88. The molecule has 0 amide bonds. The third kappa shape index (κ3) is 2.73. The van der Waals surface area contributed by atoms with E-state index in [9.17, 15) is 0 Å². The van der Waals surface area contributed by atoms with E-state index in [1.807, 2.05) is 55.7 Å². The van der Waals surface area contributed by atoms with Crippen LogP contribution in [0.5, 0.6) is 0 Å². The predicted octanol–water partition coefficient (Wildman–Crippen LogP) is 2.24. The third-order valence-electron chi connectivity index (χ3n) is 3.47. The van der Waals surface area contributed by atoms with Crippen molar-refractivity contribution in [3.8, 4) is 5.69 Å². The molecule has 2 heterocycles. The minimum Gasteiger partial charge on any atom is -0.399 e. The minimum absolute atomic E-state index is 0.584. The average Bonchev–Trinajstić information content (AvgIpc) is 2.83. The number of nitrogens with two attached hydrogens (primary N) is 1. The fraction of sp³-hybridized carbons (Fsp3) is 0.250. The Balaban J connectivity index is 2.29. The number of hydrogen-bond acceptors (Lipinski definition) is 5. The summed E-state index contributed by atoms with van der Waals surface area (Å²) < 4.78 is 1.84. The number of benzene rings is 1. The third-order valence-corrected chi connectivity index (χ3v) is 3.47. The molecule has 3 aromatic rings. The zero-order chi connectivity index (χ0) is 16.6. The van der Waals surface area contributed by atoms with Gasteiger partial charge in [-0.1, -0.05) is 0 Å². The van der Waals surface area contributed by atoms with Gasteiger partial charge in [0.1, 0.15) is 17.4 Å². The van der Waals surface area contributed by atoms with Crippen LogP contribution >= 0.6 is 0 Å². The Bertz CT molecular complexity index is 893. The number of aryl methyl sites for hydroxylation is 2. The number of rotatable bonds is 3. The molecule has 3 rings (SSSR count). The molecule has 0 aliphatic carbocycles. The van der Waals surface area contributed by atoms with Crippen LogP contribution in [0.1, 0.15) is 11.3 Å². The van der Waals surface area contributed by atoms with Gasteiger partial charge in [-0.25, -0.2) is 19.6 Å². The molecule has 0 atom stereocenters. The van der Waals surface area contributed by atoms with E-state index >= 15 is 0 Å². The Labute approximate surface area is 134 Å². The van der Waals surface area contributed by atoms with Crippen LogP contribution < -0.4 is 5.73 Å². The van der Waals surface area contributed by atoms with Crippen LogP contribution in [0.25, 0.3) is 16.7 Å². The number of fused-ring (bicyclic) bond motifs is 1. The number of nitrogen functional groups attached to an aromatic ring is 1. The average molecular weight is 309 g/mol. The lowest BCUT2D eigenvalue weighted by Crippen LogP contribution is -2.07. The van der Waals surface area contributed by atoms with Crippen molar-refractivity contribution in [2.45, 2.75) is 13.8 Å². The van der Waals surface area contributed by atoms with Crippen LogP contribution in [0.15, 0.2) is 29.5 Å². The van der Waals surface area contributed by atoms with Crippen LogP contribution in [0.3, 0.4) is 0 Å². The molecule has 0 unspecified atom stereocenters. The normalized spacial score (nSPS) is 11.5. The molecule has 1 aromatic carbocycles. The smallest absolute Gasteiger partial charge is 0.183 e. The Morgan fingerprint density at radius 2 is 2.00 bits per heavy atom. The fourth-order valence-corrected chi connectivity index (χ4v) is 2.43.